The average molecular weight is 429 g/mol. The van der Waals surface area contributed by atoms with E-state index in [1.807, 2.05) is 13.8 Å². The number of ether oxygens (including phenoxy) is 1. The van der Waals surface area contributed by atoms with Crippen LogP contribution in [-0.2, 0) is 14.8 Å². The van der Waals surface area contributed by atoms with Crippen LogP contribution in [0.4, 0.5) is 0 Å². The predicted molar refractivity (Wildman–Crippen MR) is 106 cm³/mol. The number of aryl methyl sites for hydroxylation is 2. The first-order chi connectivity index (χ1) is 12.8. The Hall–Kier alpha value is -1.61. The van der Waals surface area contributed by atoms with Gasteiger partial charge in [-0.3, -0.25) is 4.79 Å². The van der Waals surface area contributed by atoms with E-state index in [2.05, 4.69) is 0 Å². The molecule has 1 fully saturated rings. The van der Waals surface area contributed by atoms with Crippen molar-refractivity contribution in [1.82, 2.24) is 9.21 Å². The summed E-state index contributed by atoms with van der Waals surface area (Å²) in [5, 5.41) is 2.43. The van der Waals surface area contributed by atoms with E-state index in [1.165, 1.54) is 15.6 Å². The summed E-state index contributed by atoms with van der Waals surface area (Å²) in [7, 11) is -3.47. The van der Waals surface area contributed by atoms with E-state index in [4.69, 9.17) is 16.3 Å². The third-order valence-corrected chi connectivity index (χ3v) is 8.32. The third-order valence-electron chi connectivity index (χ3n) is 4.45. The van der Waals surface area contributed by atoms with Crippen LogP contribution in [0, 0.1) is 13.8 Å². The highest BCUT2D eigenvalue weighted by molar-refractivity contribution is 7.91. The molecule has 27 heavy (non-hydrogen) atoms. The van der Waals surface area contributed by atoms with Crippen LogP contribution >= 0.6 is 22.9 Å². The van der Waals surface area contributed by atoms with Gasteiger partial charge in [0.1, 0.15) is 9.96 Å². The lowest BCUT2D eigenvalue weighted by Gasteiger charge is -2.33. The summed E-state index contributed by atoms with van der Waals surface area (Å²) in [4.78, 5) is 14.0. The maximum Gasteiger partial charge on any atom is 0.260 e. The molecule has 0 atom stereocenters. The van der Waals surface area contributed by atoms with E-state index < -0.39 is 10.0 Å². The molecule has 0 radical (unpaired) electrons. The number of carbonyl (C=O) groups excluding carboxylic acids is 1. The van der Waals surface area contributed by atoms with Gasteiger partial charge >= 0.3 is 0 Å². The quantitative estimate of drug-likeness (QED) is 0.734. The van der Waals surface area contributed by atoms with Crippen molar-refractivity contribution in [2.24, 2.45) is 0 Å². The summed E-state index contributed by atoms with van der Waals surface area (Å²) in [5.41, 5.74) is 1.79. The lowest BCUT2D eigenvalue weighted by atomic mass is 10.1. The summed E-state index contributed by atoms with van der Waals surface area (Å²) in [6, 6.07) is 6.92. The van der Waals surface area contributed by atoms with Gasteiger partial charge in [0.15, 0.2) is 6.61 Å². The summed E-state index contributed by atoms with van der Waals surface area (Å²) in [6.07, 6.45) is 0. The molecule has 1 aliphatic heterocycles. The van der Waals surface area contributed by atoms with Gasteiger partial charge in [-0.15, -0.1) is 11.3 Å². The van der Waals surface area contributed by atoms with Crippen LogP contribution in [0.3, 0.4) is 0 Å². The number of hydrogen-bond acceptors (Lipinski definition) is 5. The van der Waals surface area contributed by atoms with Crippen LogP contribution in [0.5, 0.6) is 5.75 Å². The molecule has 146 valence electrons. The first kappa shape index (κ1) is 20.1. The Morgan fingerprint density at radius 3 is 2.37 bits per heavy atom. The van der Waals surface area contributed by atoms with Crippen molar-refractivity contribution in [2.45, 2.75) is 18.1 Å². The highest BCUT2D eigenvalue weighted by atomic mass is 35.5. The summed E-state index contributed by atoms with van der Waals surface area (Å²) < 4.78 is 32.4. The minimum absolute atomic E-state index is 0.0851. The molecular formula is C18H21ClN2O4S2. The van der Waals surface area contributed by atoms with E-state index in [-0.39, 0.29) is 25.6 Å². The molecule has 0 bridgehead atoms. The van der Waals surface area contributed by atoms with Gasteiger partial charge in [0.2, 0.25) is 0 Å². The standard InChI is InChI=1S/C18H21ClN2O4S2/c1-13-10-15(11-14(2)18(13)19)25-12-16(22)20-5-7-21(8-6-20)27(23,24)17-4-3-9-26-17/h3-4,9-11H,5-8,12H2,1-2H3. The predicted octanol–water partition coefficient (Wildman–Crippen LogP) is 2.93. The van der Waals surface area contributed by atoms with E-state index in [0.717, 1.165) is 11.1 Å². The molecule has 0 spiro atoms. The van der Waals surface area contributed by atoms with Crippen molar-refractivity contribution in [3.8, 4) is 5.75 Å². The van der Waals surface area contributed by atoms with Crippen LogP contribution in [0.15, 0.2) is 33.9 Å². The van der Waals surface area contributed by atoms with Gasteiger partial charge in [0.25, 0.3) is 15.9 Å². The molecule has 1 saturated heterocycles. The molecule has 9 heteroatoms. The molecule has 1 aromatic heterocycles. The van der Waals surface area contributed by atoms with Crippen molar-refractivity contribution in [1.29, 1.82) is 0 Å². The normalized spacial score (nSPS) is 15.7. The number of nitrogens with zero attached hydrogens (tertiary/aromatic N) is 2. The van der Waals surface area contributed by atoms with Crippen LogP contribution in [0.2, 0.25) is 5.02 Å². The highest BCUT2D eigenvalue weighted by Gasteiger charge is 2.30. The van der Waals surface area contributed by atoms with Crippen molar-refractivity contribution in [2.75, 3.05) is 32.8 Å². The van der Waals surface area contributed by atoms with Gasteiger partial charge in [0, 0.05) is 31.2 Å². The number of halogens is 1. The fourth-order valence-electron chi connectivity index (χ4n) is 2.94. The van der Waals surface area contributed by atoms with Gasteiger partial charge in [0.05, 0.1) is 0 Å². The van der Waals surface area contributed by atoms with E-state index in [1.54, 1.807) is 34.5 Å². The molecule has 1 aromatic carbocycles. The van der Waals surface area contributed by atoms with E-state index >= 15 is 0 Å². The number of amides is 1. The molecule has 1 aliphatic rings. The lowest BCUT2D eigenvalue weighted by Crippen LogP contribution is -2.51. The molecule has 2 aromatic rings. The second-order valence-electron chi connectivity index (χ2n) is 6.38. The number of sulfonamides is 1. The number of hydrogen-bond donors (Lipinski definition) is 0. The lowest BCUT2D eigenvalue weighted by molar-refractivity contribution is -0.134. The number of rotatable bonds is 5. The molecule has 1 amide bonds. The fraction of sp³-hybridized carbons (Fsp3) is 0.389. The SMILES string of the molecule is Cc1cc(OCC(=O)N2CCN(S(=O)(=O)c3cccs3)CC2)cc(C)c1Cl. The largest absolute Gasteiger partial charge is 0.484 e. The van der Waals surface area contributed by atoms with Crippen LogP contribution in [0.25, 0.3) is 0 Å². The molecule has 2 heterocycles. The van der Waals surface area contributed by atoms with Gasteiger partial charge in [-0.05, 0) is 48.6 Å². The molecule has 0 saturated carbocycles. The summed E-state index contributed by atoms with van der Waals surface area (Å²) in [5.74, 6) is 0.440. The van der Waals surface area contributed by atoms with Gasteiger partial charge < -0.3 is 9.64 Å². The number of thiophene rings is 1. The Morgan fingerprint density at radius 1 is 1.19 bits per heavy atom. The van der Waals surface area contributed by atoms with Crippen LogP contribution < -0.4 is 4.74 Å². The smallest absolute Gasteiger partial charge is 0.260 e. The monoisotopic (exact) mass is 428 g/mol. The zero-order valence-electron chi connectivity index (χ0n) is 15.1. The Balaban J connectivity index is 1.55. The Labute approximate surface area is 168 Å². The van der Waals surface area contributed by atoms with E-state index in [0.29, 0.717) is 28.1 Å². The highest BCUT2D eigenvalue weighted by Crippen LogP contribution is 2.26. The molecule has 3 rings (SSSR count). The number of carbonyl (C=O) groups is 1. The first-order valence-corrected chi connectivity index (χ1v) is 11.2. The zero-order valence-corrected chi connectivity index (χ0v) is 17.5. The van der Waals surface area contributed by atoms with Crippen LogP contribution in [-0.4, -0.2) is 56.3 Å². The second kappa shape index (κ2) is 8.18. The number of piperazine rings is 1. The van der Waals surface area contributed by atoms with Crippen molar-refractivity contribution in [3.63, 3.8) is 0 Å². The third kappa shape index (κ3) is 4.45. The molecule has 0 unspecified atom stereocenters. The Bertz CT molecular complexity index is 898. The summed E-state index contributed by atoms with van der Waals surface area (Å²) >= 11 is 7.34. The Morgan fingerprint density at radius 2 is 1.81 bits per heavy atom. The average Bonchev–Trinajstić information content (AvgIpc) is 3.19. The molecule has 0 aliphatic carbocycles. The van der Waals surface area contributed by atoms with Crippen LogP contribution in [0.1, 0.15) is 11.1 Å². The second-order valence-corrected chi connectivity index (χ2v) is 9.87. The first-order valence-electron chi connectivity index (χ1n) is 8.50. The van der Waals surface area contributed by atoms with Gasteiger partial charge in [-0.1, -0.05) is 17.7 Å². The Kier molecular flexibility index (Phi) is 6.10. The minimum atomic E-state index is -3.47. The zero-order chi connectivity index (χ0) is 19.6. The molecule has 6 nitrogen and oxygen atoms in total. The van der Waals surface area contributed by atoms with E-state index in [9.17, 15) is 13.2 Å². The minimum Gasteiger partial charge on any atom is -0.484 e. The van der Waals surface area contributed by atoms with Crippen molar-refractivity contribution >= 4 is 38.9 Å². The number of benzene rings is 1. The topological polar surface area (TPSA) is 66.9 Å². The van der Waals surface area contributed by atoms with Gasteiger partial charge in [-0.25, -0.2) is 8.42 Å². The van der Waals surface area contributed by atoms with Gasteiger partial charge in [-0.2, -0.15) is 4.31 Å². The maximum absolute atomic E-state index is 12.5. The summed E-state index contributed by atoms with van der Waals surface area (Å²) in [6.45, 7) is 4.96. The van der Waals surface area contributed by atoms with Crippen molar-refractivity contribution < 1.29 is 17.9 Å². The van der Waals surface area contributed by atoms with Crippen molar-refractivity contribution in [3.05, 3.63) is 45.8 Å². The maximum atomic E-state index is 12.5. The fourth-order valence-corrected chi connectivity index (χ4v) is 5.62. The molecule has 0 N–H and O–H groups in total. The molecular weight excluding hydrogens is 408 g/mol.